The van der Waals surface area contributed by atoms with Gasteiger partial charge < -0.3 is 5.32 Å². The molecule has 3 nitrogen and oxygen atoms in total. The standard InChI is InChI=1S/C15H14N2OS/c18-14-6-4-10-7-11(3-5-12(10)16-14)13-8-19-15(17-13)9-1-2-9/h3,5,7-9H,1-2,4,6H2,(H,16,18). The van der Waals surface area contributed by atoms with Crippen LogP contribution in [-0.4, -0.2) is 10.9 Å². The lowest BCUT2D eigenvalue weighted by molar-refractivity contribution is -0.116. The van der Waals surface area contributed by atoms with Crippen molar-refractivity contribution in [3.63, 3.8) is 0 Å². The minimum atomic E-state index is 0.116. The quantitative estimate of drug-likeness (QED) is 0.906. The normalized spacial score (nSPS) is 18.0. The molecule has 96 valence electrons. The number of amides is 1. The predicted octanol–water partition coefficient (Wildman–Crippen LogP) is 3.57. The van der Waals surface area contributed by atoms with Crippen LogP contribution in [-0.2, 0) is 11.2 Å². The molecule has 0 saturated heterocycles. The van der Waals surface area contributed by atoms with Crippen LogP contribution in [0, 0.1) is 0 Å². The molecular formula is C15H14N2OS. The van der Waals surface area contributed by atoms with Gasteiger partial charge in [-0.1, -0.05) is 6.07 Å². The molecule has 0 bridgehead atoms. The maximum atomic E-state index is 11.3. The Morgan fingerprint density at radius 1 is 1.26 bits per heavy atom. The monoisotopic (exact) mass is 270 g/mol. The molecule has 0 spiro atoms. The average molecular weight is 270 g/mol. The Bertz CT molecular complexity index is 658. The van der Waals surface area contributed by atoms with Crippen LogP contribution in [0.2, 0.25) is 0 Å². The van der Waals surface area contributed by atoms with E-state index in [1.54, 1.807) is 11.3 Å². The fourth-order valence-corrected chi connectivity index (χ4v) is 3.48. The smallest absolute Gasteiger partial charge is 0.224 e. The second-order valence-electron chi connectivity index (χ2n) is 5.27. The fraction of sp³-hybridized carbons (Fsp3) is 0.333. The average Bonchev–Trinajstić information content (AvgIpc) is 3.16. The number of rotatable bonds is 2. The van der Waals surface area contributed by atoms with Crippen molar-refractivity contribution in [2.24, 2.45) is 0 Å². The Labute approximate surface area is 115 Å². The molecule has 0 atom stereocenters. The van der Waals surface area contributed by atoms with Crippen LogP contribution in [0.25, 0.3) is 11.3 Å². The number of thiazole rings is 1. The molecule has 1 aromatic heterocycles. The van der Waals surface area contributed by atoms with Gasteiger partial charge in [-0.2, -0.15) is 0 Å². The first-order chi connectivity index (χ1) is 9.29. The number of nitrogens with one attached hydrogen (secondary N) is 1. The minimum absolute atomic E-state index is 0.116. The second-order valence-corrected chi connectivity index (χ2v) is 6.16. The zero-order valence-electron chi connectivity index (χ0n) is 10.5. The van der Waals surface area contributed by atoms with E-state index in [1.807, 2.05) is 6.07 Å². The van der Waals surface area contributed by atoms with E-state index in [4.69, 9.17) is 4.98 Å². The largest absolute Gasteiger partial charge is 0.326 e. The van der Waals surface area contributed by atoms with E-state index in [2.05, 4.69) is 22.8 Å². The number of carbonyl (C=O) groups excluding carboxylic acids is 1. The summed E-state index contributed by atoms with van der Waals surface area (Å²) >= 11 is 1.77. The highest BCUT2D eigenvalue weighted by Crippen LogP contribution is 2.42. The van der Waals surface area contributed by atoms with Crippen molar-refractivity contribution < 1.29 is 4.79 Å². The molecule has 4 heteroatoms. The molecule has 1 N–H and O–H groups in total. The molecule has 2 aromatic rings. The first kappa shape index (κ1) is 11.2. The molecule has 19 heavy (non-hydrogen) atoms. The van der Waals surface area contributed by atoms with Gasteiger partial charge in [0.2, 0.25) is 5.91 Å². The summed E-state index contributed by atoms with van der Waals surface area (Å²) in [6.07, 6.45) is 4.00. The minimum Gasteiger partial charge on any atom is -0.326 e. The van der Waals surface area contributed by atoms with Crippen molar-refractivity contribution >= 4 is 22.9 Å². The van der Waals surface area contributed by atoms with Gasteiger partial charge in [0.1, 0.15) is 0 Å². The van der Waals surface area contributed by atoms with Crippen molar-refractivity contribution in [3.8, 4) is 11.3 Å². The van der Waals surface area contributed by atoms with Gasteiger partial charge in [-0.05, 0) is 37.0 Å². The highest BCUT2D eigenvalue weighted by Gasteiger charge is 2.26. The third kappa shape index (κ3) is 2.06. The highest BCUT2D eigenvalue weighted by molar-refractivity contribution is 7.10. The van der Waals surface area contributed by atoms with Crippen molar-refractivity contribution in [1.82, 2.24) is 4.98 Å². The lowest BCUT2D eigenvalue weighted by Gasteiger charge is -2.17. The van der Waals surface area contributed by atoms with Gasteiger partial charge in [0.25, 0.3) is 0 Å². The van der Waals surface area contributed by atoms with Gasteiger partial charge >= 0.3 is 0 Å². The highest BCUT2D eigenvalue weighted by atomic mass is 32.1. The number of hydrogen-bond acceptors (Lipinski definition) is 3. The van der Waals surface area contributed by atoms with Crippen LogP contribution >= 0.6 is 11.3 Å². The van der Waals surface area contributed by atoms with E-state index >= 15 is 0 Å². The Kier molecular flexibility index (Phi) is 2.45. The summed E-state index contributed by atoms with van der Waals surface area (Å²) in [4.78, 5) is 16.1. The maximum Gasteiger partial charge on any atom is 0.224 e. The molecule has 0 radical (unpaired) electrons. The van der Waals surface area contributed by atoms with Gasteiger partial charge in [0.15, 0.2) is 0 Å². The first-order valence-corrected chi connectivity index (χ1v) is 7.56. The Balaban J connectivity index is 1.68. The van der Waals surface area contributed by atoms with Gasteiger partial charge in [0.05, 0.1) is 10.7 Å². The van der Waals surface area contributed by atoms with Gasteiger partial charge in [-0.25, -0.2) is 4.98 Å². The molecule has 1 aliphatic carbocycles. The Morgan fingerprint density at radius 3 is 3.00 bits per heavy atom. The van der Waals surface area contributed by atoms with Gasteiger partial charge in [-0.15, -0.1) is 11.3 Å². The van der Waals surface area contributed by atoms with Crippen molar-refractivity contribution in [2.45, 2.75) is 31.6 Å². The molecule has 1 fully saturated rings. The lowest BCUT2D eigenvalue weighted by Crippen LogP contribution is -2.18. The van der Waals surface area contributed by atoms with Gasteiger partial charge in [-0.3, -0.25) is 4.79 Å². The predicted molar refractivity (Wildman–Crippen MR) is 76.5 cm³/mol. The number of benzene rings is 1. The third-order valence-electron chi connectivity index (χ3n) is 3.75. The number of nitrogens with zero attached hydrogens (tertiary/aromatic N) is 1. The number of hydrogen-bond donors (Lipinski definition) is 1. The van der Waals surface area contributed by atoms with Crippen LogP contribution in [0.1, 0.15) is 35.8 Å². The lowest BCUT2D eigenvalue weighted by atomic mass is 9.99. The molecular weight excluding hydrogens is 256 g/mol. The number of aromatic nitrogens is 1. The summed E-state index contributed by atoms with van der Waals surface area (Å²) in [5, 5.41) is 6.34. The summed E-state index contributed by atoms with van der Waals surface area (Å²) in [5.74, 6) is 0.834. The molecule has 1 aliphatic heterocycles. The van der Waals surface area contributed by atoms with E-state index in [0.717, 1.165) is 29.3 Å². The van der Waals surface area contributed by atoms with E-state index in [0.29, 0.717) is 6.42 Å². The van der Waals surface area contributed by atoms with Crippen LogP contribution < -0.4 is 5.32 Å². The topological polar surface area (TPSA) is 42.0 Å². The fourth-order valence-electron chi connectivity index (χ4n) is 2.48. The number of aryl methyl sites for hydroxylation is 1. The Hall–Kier alpha value is -1.68. The summed E-state index contributed by atoms with van der Waals surface area (Å²) < 4.78 is 0. The van der Waals surface area contributed by atoms with E-state index in [9.17, 15) is 4.79 Å². The summed E-state index contributed by atoms with van der Waals surface area (Å²) in [6, 6.07) is 6.22. The summed E-state index contributed by atoms with van der Waals surface area (Å²) in [5.41, 5.74) is 4.42. The number of fused-ring (bicyclic) bond motifs is 1. The number of carbonyl (C=O) groups is 1. The van der Waals surface area contributed by atoms with Gasteiger partial charge in [0, 0.05) is 29.0 Å². The molecule has 1 saturated carbocycles. The van der Waals surface area contributed by atoms with E-state index in [-0.39, 0.29) is 5.91 Å². The molecule has 0 unspecified atom stereocenters. The number of anilines is 1. The van der Waals surface area contributed by atoms with E-state index in [1.165, 1.54) is 23.4 Å². The van der Waals surface area contributed by atoms with Crippen molar-refractivity contribution in [2.75, 3.05) is 5.32 Å². The molecule has 2 aliphatic rings. The zero-order chi connectivity index (χ0) is 12.8. The van der Waals surface area contributed by atoms with Crippen LogP contribution in [0.3, 0.4) is 0 Å². The van der Waals surface area contributed by atoms with Crippen molar-refractivity contribution in [1.29, 1.82) is 0 Å². The second kappa shape index (κ2) is 4.17. The molecule has 2 heterocycles. The maximum absolute atomic E-state index is 11.3. The molecule has 1 aromatic carbocycles. The van der Waals surface area contributed by atoms with E-state index < -0.39 is 0 Å². The third-order valence-corrected chi connectivity index (χ3v) is 4.75. The van der Waals surface area contributed by atoms with Crippen LogP contribution in [0.4, 0.5) is 5.69 Å². The summed E-state index contributed by atoms with van der Waals surface area (Å²) in [6.45, 7) is 0. The summed E-state index contributed by atoms with van der Waals surface area (Å²) in [7, 11) is 0. The van der Waals surface area contributed by atoms with Crippen LogP contribution in [0.5, 0.6) is 0 Å². The van der Waals surface area contributed by atoms with Crippen molar-refractivity contribution in [3.05, 3.63) is 34.2 Å². The molecule has 1 amide bonds. The molecule has 4 rings (SSSR count). The first-order valence-electron chi connectivity index (χ1n) is 6.68. The SMILES string of the molecule is O=C1CCc2cc(-c3csc(C4CC4)n3)ccc2N1. The Morgan fingerprint density at radius 2 is 2.16 bits per heavy atom. The van der Waals surface area contributed by atoms with Crippen LogP contribution in [0.15, 0.2) is 23.6 Å². The zero-order valence-corrected chi connectivity index (χ0v) is 11.3.